The summed E-state index contributed by atoms with van der Waals surface area (Å²) in [5.41, 5.74) is 2.33. The highest BCUT2D eigenvalue weighted by molar-refractivity contribution is 7.91. The highest BCUT2D eigenvalue weighted by Gasteiger charge is 2.40. The van der Waals surface area contributed by atoms with Gasteiger partial charge in [0.05, 0.1) is 0 Å². The van der Waals surface area contributed by atoms with E-state index >= 15 is 0 Å². The molecule has 1 amide bonds. The van der Waals surface area contributed by atoms with E-state index in [9.17, 15) is 13.2 Å². The number of hydrogen-bond donors (Lipinski definition) is 1. The maximum Gasteiger partial charge on any atom is 0.253 e. The SMILES string of the molecule is Cc1ccc(S(=O)(=O)N2CCCC2C(=O)NCc2ccccc2CN2CCCCC2C)s1. The maximum absolute atomic E-state index is 13.1. The first-order valence-electron chi connectivity index (χ1n) is 11.5. The van der Waals surface area contributed by atoms with Crippen molar-refractivity contribution in [3.8, 4) is 0 Å². The number of nitrogens with zero attached hydrogens (tertiary/aromatic N) is 2. The molecule has 3 heterocycles. The zero-order valence-electron chi connectivity index (χ0n) is 18.9. The minimum Gasteiger partial charge on any atom is -0.351 e. The first kappa shape index (κ1) is 23.4. The molecule has 6 nitrogen and oxygen atoms in total. The molecule has 0 radical (unpaired) electrons. The van der Waals surface area contributed by atoms with Gasteiger partial charge in [-0.15, -0.1) is 11.3 Å². The van der Waals surface area contributed by atoms with Gasteiger partial charge in [-0.25, -0.2) is 8.42 Å². The minimum absolute atomic E-state index is 0.208. The number of rotatable bonds is 7. The van der Waals surface area contributed by atoms with Crippen molar-refractivity contribution in [1.29, 1.82) is 0 Å². The molecule has 2 fully saturated rings. The lowest BCUT2D eigenvalue weighted by molar-refractivity contribution is -0.124. The summed E-state index contributed by atoms with van der Waals surface area (Å²) in [6.45, 7) is 6.97. The second-order valence-electron chi connectivity index (χ2n) is 8.94. The number of aryl methyl sites for hydroxylation is 1. The van der Waals surface area contributed by atoms with Crippen LogP contribution in [0.4, 0.5) is 0 Å². The largest absolute Gasteiger partial charge is 0.351 e. The van der Waals surface area contributed by atoms with Crippen molar-refractivity contribution < 1.29 is 13.2 Å². The van der Waals surface area contributed by atoms with Gasteiger partial charge in [0, 0.05) is 30.6 Å². The third kappa shape index (κ3) is 5.09. The molecule has 1 aromatic carbocycles. The molecular formula is C24H33N3O3S2. The van der Waals surface area contributed by atoms with Gasteiger partial charge in [-0.1, -0.05) is 30.7 Å². The molecule has 0 spiro atoms. The van der Waals surface area contributed by atoms with Gasteiger partial charge in [-0.3, -0.25) is 9.69 Å². The second kappa shape index (κ2) is 10.0. The fraction of sp³-hybridized carbons (Fsp3) is 0.542. The average molecular weight is 476 g/mol. The number of piperidine rings is 1. The quantitative estimate of drug-likeness (QED) is 0.659. The summed E-state index contributed by atoms with van der Waals surface area (Å²) >= 11 is 1.26. The monoisotopic (exact) mass is 475 g/mol. The zero-order chi connectivity index (χ0) is 22.7. The van der Waals surface area contributed by atoms with E-state index in [4.69, 9.17) is 0 Å². The molecule has 1 aromatic heterocycles. The number of nitrogens with one attached hydrogen (secondary N) is 1. The normalized spacial score (nSPS) is 22.8. The Balaban J connectivity index is 1.42. The molecule has 32 heavy (non-hydrogen) atoms. The number of benzene rings is 1. The van der Waals surface area contributed by atoms with Gasteiger partial charge in [-0.2, -0.15) is 4.31 Å². The predicted octanol–water partition coefficient (Wildman–Crippen LogP) is 3.90. The number of likely N-dealkylation sites (tertiary alicyclic amines) is 1. The number of amides is 1. The smallest absolute Gasteiger partial charge is 0.253 e. The molecular weight excluding hydrogens is 442 g/mol. The van der Waals surface area contributed by atoms with Crippen molar-refractivity contribution in [1.82, 2.24) is 14.5 Å². The topological polar surface area (TPSA) is 69.7 Å². The number of hydrogen-bond acceptors (Lipinski definition) is 5. The van der Waals surface area contributed by atoms with Crippen LogP contribution in [0.15, 0.2) is 40.6 Å². The molecule has 2 atom stereocenters. The second-order valence-corrected chi connectivity index (χ2v) is 12.3. The molecule has 0 bridgehead atoms. The van der Waals surface area contributed by atoms with Crippen LogP contribution >= 0.6 is 11.3 Å². The van der Waals surface area contributed by atoms with Crippen molar-refractivity contribution in [2.45, 2.75) is 75.3 Å². The molecule has 2 saturated heterocycles. The third-order valence-electron chi connectivity index (χ3n) is 6.67. The van der Waals surface area contributed by atoms with Gasteiger partial charge in [0.15, 0.2) is 0 Å². The molecule has 0 aliphatic carbocycles. The van der Waals surface area contributed by atoms with Gasteiger partial charge in [0.1, 0.15) is 10.3 Å². The Bertz CT molecular complexity index is 1050. The minimum atomic E-state index is -3.64. The molecule has 2 unspecified atom stereocenters. The average Bonchev–Trinajstić information content (AvgIpc) is 3.44. The molecule has 2 aromatic rings. The number of sulfonamides is 1. The van der Waals surface area contributed by atoms with E-state index in [2.05, 4.69) is 29.3 Å². The predicted molar refractivity (Wildman–Crippen MR) is 128 cm³/mol. The van der Waals surface area contributed by atoms with Crippen molar-refractivity contribution in [3.63, 3.8) is 0 Å². The van der Waals surface area contributed by atoms with E-state index in [1.807, 2.05) is 25.1 Å². The lowest BCUT2D eigenvalue weighted by atomic mass is 10.0. The van der Waals surface area contributed by atoms with Crippen molar-refractivity contribution in [3.05, 3.63) is 52.4 Å². The number of carbonyl (C=O) groups is 1. The molecule has 0 saturated carbocycles. The highest BCUT2D eigenvalue weighted by Crippen LogP contribution is 2.30. The number of carbonyl (C=O) groups excluding carboxylic acids is 1. The molecule has 4 rings (SSSR count). The van der Waals surface area contributed by atoms with Gasteiger partial charge < -0.3 is 5.32 Å². The Kier molecular flexibility index (Phi) is 7.34. The van der Waals surface area contributed by atoms with Crippen LogP contribution < -0.4 is 5.32 Å². The van der Waals surface area contributed by atoms with Gasteiger partial charge in [0.2, 0.25) is 5.91 Å². The fourth-order valence-electron chi connectivity index (χ4n) is 4.75. The zero-order valence-corrected chi connectivity index (χ0v) is 20.6. The van der Waals surface area contributed by atoms with E-state index in [1.54, 1.807) is 6.07 Å². The van der Waals surface area contributed by atoms with Crippen LogP contribution in [-0.2, 0) is 27.9 Å². The molecule has 2 aliphatic heterocycles. The van der Waals surface area contributed by atoms with Crippen LogP contribution in [0.5, 0.6) is 0 Å². The Morgan fingerprint density at radius 3 is 2.56 bits per heavy atom. The molecule has 1 N–H and O–H groups in total. The summed E-state index contributed by atoms with van der Waals surface area (Å²) < 4.78 is 27.9. The van der Waals surface area contributed by atoms with Crippen LogP contribution in [0.1, 0.15) is 55.0 Å². The molecule has 174 valence electrons. The first-order chi connectivity index (χ1) is 15.4. The highest BCUT2D eigenvalue weighted by atomic mass is 32.2. The van der Waals surface area contributed by atoms with Gasteiger partial charge in [0.25, 0.3) is 10.0 Å². The van der Waals surface area contributed by atoms with Crippen LogP contribution in [-0.4, -0.2) is 48.7 Å². The Morgan fingerprint density at radius 2 is 1.84 bits per heavy atom. The van der Waals surface area contributed by atoms with Crippen LogP contribution in [0.25, 0.3) is 0 Å². The Labute approximate surface area is 195 Å². The van der Waals surface area contributed by atoms with Crippen molar-refractivity contribution >= 4 is 27.3 Å². The molecule has 8 heteroatoms. The van der Waals surface area contributed by atoms with E-state index in [0.717, 1.165) is 23.5 Å². The standard InChI is InChI=1S/C24H33N3O3S2/c1-18-8-5-6-14-26(18)17-21-10-4-3-9-20(21)16-25-24(28)22-11-7-15-27(22)32(29,30)23-13-12-19(2)31-23/h3-4,9-10,12-13,18,22H,5-8,11,14-17H2,1-2H3,(H,25,28). The first-order valence-corrected chi connectivity index (χ1v) is 13.8. The summed E-state index contributed by atoms with van der Waals surface area (Å²) in [4.78, 5) is 16.5. The van der Waals surface area contributed by atoms with Crippen LogP contribution in [0.3, 0.4) is 0 Å². The van der Waals surface area contributed by atoms with Gasteiger partial charge in [-0.05, 0) is 69.3 Å². The van der Waals surface area contributed by atoms with Crippen molar-refractivity contribution in [2.75, 3.05) is 13.1 Å². The lowest BCUT2D eigenvalue weighted by Crippen LogP contribution is -2.45. The lowest BCUT2D eigenvalue weighted by Gasteiger charge is -2.33. The summed E-state index contributed by atoms with van der Waals surface area (Å²) in [6.07, 6.45) is 5.02. The van der Waals surface area contributed by atoms with Crippen LogP contribution in [0, 0.1) is 6.92 Å². The number of thiophene rings is 1. The maximum atomic E-state index is 13.1. The summed E-state index contributed by atoms with van der Waals surface area (Å²) in [5.74, 6) is -0.208. The fourth-order valence-corrected chi connectivity index (χ4v) is 7.82. The van der Waals surface area contributed by atoms with Crippen LogP contribution in [0.2, 0.25) is 0 Å². The van der Waals surface area contributed by atoms with E-state index in [-0.39, 0.29) is 5.91 Å². The summed E-state index contributed by atoms with van der Waals surface area (Å²) in [5, 5.41) is 3.03. The summed E-state index contributed by atoms with van der Waals surface area (Å²) in [6, 6.07) is 11.6. The Morgan fingerprint density at radius 1 is 1.06 bits per heavy atom. The van der Waals surface area contributed by atoms with E-state index in [0.29, 0.717) is 36.2 Å². The third-order valence-corrected chi connectivity index (χ3v) is 10.0. The van der Waals surface area contributed by atoms with E-state index in [1.165, 1.54) is 40.5 Å². The summed E-state index contributed by atoms with van der Waals surface area (Å²) in [7, 11) is -3.64. The van der Waals surface area contributed by atoms with E-state index < -0.39 is 16.1 Å². The van der Waals surface area contributed by atoms with Gasteiger partial charge >= 0.3 is 0 Å². The Hall–Kier alpha value is -1.74. The molecule has 2 aliphatic rings. The van der Waals surface area contributed by atoms with Crippen molar-refractivity contribution in [2.24, 2.45) is 0 Å².